The first-order chi connectivity index (χ1) is 9.93. The first-order valence-corrected chi connectivity index (χ1v) is 8.13. The van der Waals surface area contributed by atoms with E-state index in [1.165, 1.54) is 0 Å². The van der Waals surface area contributed by atoms with Crippen molar-refractivity contribution in [2.75, 3.05) is 13.1 Å². The number of nitrogens with zero attached hydrogens (tertiary/aromatic N) is 1. The van der Waals surface area contributed by atoms with Crippen LogP contribution in [0.15, 0.2) is 0 Å². The molecule has 0 spiro atoms. The molecular weight excluding hydrogens is 282 g/mol. The predicted octanol–water partition coefficient (Wildman–Crippen LogP) is 3.61. The Morgan fingerprint density at radius 2 is 1.64 bits per heavy atom. The lowest BCUT2D eigenvalue weighted by Gasteiger charge is -2.27. The lowest BCUT2D eigenvalue weighted by molar-refractivity contribution is -0.162. The smallest absolute Gasteiger partial charge is 0.410 e. The number of ether oxygens (including phenoxy) is 2. The summed E-state index contributed by atoms with van der Waals surface area (Å²) in [6.45, 7) is 14.4. The van der Waals surface area contributed by atoms with E-state index >= 15 is 0 Å². The fraction of sp³-hybridized carbons (Fsp3) is 0.882. The van der Waals surface area contributed by atoms with E-state index in [0.717, 1.165) is 12.8 Å². The van der Waals surface area contributed by atoms with Gasteiger partial charge in [-0.3, -0.25) is 4.79 Å². The summed E-state index contributed by atoms with van der Waals surface area (Å²) in [5.41, 5.74) is -0.974. The number of carbonyl (C=O) groups is 2. The number of likely N-dealkylation sites (tertiary alicyclic amines) is 1. The van der Waals surface area contributed by atoms with Crippen molar-refractivity contribution in [2.24, 2.45) is 11.8 Å². The van der Waals surface area contributed by atoms with E-state index < -0.39 is 11.2 Å². The van der Waals surface area contributed by atoms with Crippen molar-refractivity contribution in [2.45, 2.75) is 72.5 Å². The highest BCUT2D eigenvalue weighted by atomic mass is 16.6. The standard InChI is InChI=1S/C17H31NO4/c1-8-13(14(19)21-16(2,3)4)12-9-10-18(11-12)15(20)22-17(5,6)7/h12-13H,8-11H2,1-7H3/t12-,13-/m0/s1. The molecule has 0 aliphatic carbocycles. The average Bonchev–Trinajstić information content (AvgIpc) is 2.74. The summed E-state index contributed by atoms with van der Waals surface area (Å²) < 4.78 is 10.9. The summed E-state index contributed by atoms with van der Waals surface area (Å²) in [7, 11) is 0. The second kappa shape index (κ2) is 6.88. The molecule has 0 N–H and O–H groups in total. The number of rotatable bonds is 3. The Bertz CT molecular complexity index is 406. The van der Waals surface area contributed by atoms with Gasteiger partial charge in [-0.2, -0.15) is 0 Å². The molecule has 0 unspecified atom stereocenters. The second-order valence-electron chi connectivity index (χ2n) is 8.02. The summed E-state index contributed by atoms with van der Waals surface area (Å²) in [6, 6.07) is 0. The molecule has 1 heterocycles. The van der Waals surface area contributed by atoms with Crippen molar-refractivity contribution in [1.29, 1.82) is 0 Å². The zero-order valence-electron chi connectivity index (χ0n) is 15.1. The van der Waals surface area contributed by atoms with Crippen molar-refractivity contribution in [3.8, 4) is 0 Å². The van der Waals surface area contributed by atoms with Crippen LogP contribution in [0.3, 0.4) is 0 Å². The van der Waals surface area contributed by atoms with E-state index in [-0.39, 0.29) is 23.9 Å². The van der Waals surface area contributed by atoms with Gasteiger partial charge in [0, 0.05) is 13.1 Å². The lowest BCUT2D eigenvalue weighted by atomic mass is 9.89. The Kier molecular flexibility index (Phi) is 5.88. The Morgan fingerprint density at radius 1 is 1.09 bits per heavy atom. The molecule has 1 saturated heterocycles. The molecular formula is C17H31NO4. The molecule has 1 rings (SSSR count). The summed E-state index contributed by atoms with van der Waals surface area (Å²) in [5, 5.41) is 0. The fourth-order valence-corrected chi connectivity index (χ4v) is 2.68. The third-order valence-electron chi connectivity index (χ3n) is 3.59. The van der Waals surface area contributed by atoms with Crippen LogP contribution in [0.25, 0.3) is 0 Å². The topological polar surface area (TPSA) is 55.8 Å². The molecule has 0 aromatic heterocycles. The number of esters is 1. The molecule has 5 heteroatoms. The van der Waals surface area contributed by atoms with Gasteiger partial charge in [0.15, 0.2) is 0 Å². The summed E-state index contributed by atoms with van der Waals surface area (Å²) in [6.07, 6.45) is 1.24. The number of hydrogen-bond acceptors (Lipinski definition) is 4. The first-order valence-electron chi connectivity index (χ1n) is 8.13. The molecule has 1 aliphatic rings. The van der Waals surface area contributed by atoms with Gasteiger partial charge in [0.05, 0.1) is 5.92 Å². The largest absolute Gasteiger partial charge is 0.460 e. The molecule has 0 aromatic carbocycles. The predicted molar refractivity (Wildman–Crippen MR) is 85.5 cm³/mol. The number of carbonyl (C=O) groups excluding carboxylic acids is 2. The zero-order chi connectivity index (χ0) is 17.1. The highest BCUT2D eigenvalue weighted by Gasteiger charge is 2.37. The van der Waals surface area contributed by atoms with Gasteiger partial charge in [0.25, 0.3) is 0 Å². The molecule has 128 valence electrons. The van der Waals surface area contributed by atoms with Gasteiger partial charge in [-0.1, -0.05) is 6.92 Å². The SMILES string of the molecule is CC[C@H](C(=O)OC(C)(C)C)[C@H]1CCN(C(=O)OC(C)(C)C)C1. The minimum Gasteiger partial charge on any atom is -0.460 e. The van der Waals surface area contributed by atoms with Crippen LogP contribution < -0.4 is 0 Å². The lowest BCUT2D eigenvalue weighted by Crippen LogP contribution is -2.37. The fourth-order valence-electron chi connectivity index (χ4n) is 2.68. The first kappa shape index (κ1) is 18.8. The maximum atomic E-state index is 12.3. The van der Waals surface area contributed by atoms with Crippen molar-refractivity contribution < 1.29 is 19.1 Å². The summed E-state index contributed by atoms with van der Waals surface area (Å²) >= 11 is 0. The van der Waals surface area contributed by atoms with E-state index in [9.17, 15) is 9.59 Å². The van der Waals surface area contributed by atoms with E-state index in [4.69, 9.17) is 9.47 Å². The molecule has 0 bridgehead atoms. The molecule has 1 fully saturated rings. The third kappa shape index (κ3) is 5.85. The van der Waals surface area contributed by atoms with Crippen LogP contribution >= 0.6 is 0 Å². The Labute approximate surface area is 134 Å². The molecule has 1 amide bonds. The van der Waals surface area contributed by atoms with Crippen LogP contribution in [0.4, 0.5) is 4.79 Å². The second-order valence-corrected chi connectivity index (χ2v) is 8.02. The van der Waals surface area contributed by atoms with Gasteiger partial charge in [-0.15, -0.1) is 0 Å². The molecule has 0 aromatic rings. The van der Waals surface area contributed by atoms with Crippen molar-refractivity contribution >= 4 is 12.1 Å². The molecule has 22 heavy (non-hydrogen) atoms. The van der Waals surface area contributed by atoms with Crippen molar-refractivity contribution in [1.82, 2.24) is 4.90 Å². The van der Waals surface area contributed by atoms with Gasteiger partial charge in [0.1, 0.15) is 11.2 Å². The normalized spacial score (nSPS) is 20.7. The van der Waals surface area contributed by atoms with Crippen molar-refractivity contribution in [3.05, 3.63) is 0 Å². The zero-order valence-corrected chi connectivity index (χ0v) is 15.1. The van der Waals surface area contributed by atoms with E-state index in [1.807, 2.05) is 48.5 Å². The average molecular weight is 313 g/mol. The van der Waals surface area contributed by atoms with Crippen LogP contribution in [0.2, 0.25) is 0 Å². The number of amides is 1. The quantitative estimate of drug-likeness (QED) is 0.747. The van der Waals surface area contributed by atoms with Gasteiger partial charge < -0.3 is 14.4 Å². The monoisotopic (exact) mass is 313 g/mol. The van der Waals surface area contributed by atoms with Crippen LogP contribution in [0.1, 0.15) is 61.3 Å². The number of hydrogen-bond donors (Lipinski definition) is 0. The molecule has 0 radical (unpaired) electrons. The minimum absolute atomic E-state index is 0.146. The Balaban J connectivity index is 2.63. The van der Waals surface area contributed by atoms with Gasteiger partial charge in [-0.25, -0.2) is 4.79 Å². The van der Waals surface area contributed by atoms with Crippen LogP contribution in [-0.2, 0) is 14.3 Å². The Morgan fingerprint density at radius 3 is 2.09 bits per heavy atom. The van der Waals surface area contributed by atoms with Crippen LogP contribution in [0.5, 0.6) is 0 Å². The molecule has 5 nitrogen and oxygen atoms in total. The van der Waals surface area contributed by atoms with E-state index in [1.54, 1.807) is 4.90 Å². The summed E-state index contributed by atoms with van der Waals surface area (Å²) in [4.78, 5) is 26.1. The van der Waals surface area contributed by atoms with Gasteiger partial charge >= 0.3 is 12.1 Å². The minimum atomic E-state index is -0.496. The van der Waals surface area contributed by atoms with E-state index in [2.05, 4.69) is 0 Å². The summed E-state index contributed by atoms with van der Waals surface area (Å²) in [5.74, 6) is -0.176. The van der Waals surface area contributed by atoms with Gasteiger partial charge in [-0.05, 0) is 60.3 Å². The third-order valence-corrected chi connectivity index (χ3v) is 3.59. The van der Waals surface area contributed by atoms with Crippen molar-refractivity contribution in [3.63, 3.8) is 0 Å². The highest BCUT2D eigenvalue weighted by Crippen LogP contribution is 2.29. The highest BCUT2D eigenvalue weighted by molar-refractivity contribution is 5.74. The van der Waals surface area contributed by atoms with E-state index in [0.29, 0.717) is 13.1 Å². The van der Waals surface area contributed by atoms with Crippen LogP contribution in [0, 0.1) is 11.8 Å². The van der Waals surface area contributed by atoms with Crippen LogP contribution in [-0.4, -0.2) is 41.3 Å². The molecule has 0 saturated carbocycles. The molecule has 1 aliphatic heterocycles. The Hall–Kier alpha value is -1.26. The van der Waals surface area contributed by atoms with Gasteiger partial charge in [0.2, 0.25) is 0 Å². The maximum absolute atomic E-state index is 12.3. The maximum Gasteiger partial charge on any atom is 0.410 e. The molecule has 2 atom stereocenters.